The number of ether oxygens (including phenoxy) is 2. The first-order chi connectivity index (χ1) is 16.5. The van der Waals surface area contributed by atoms with E-state index in [-0.39, 0.29) is 10.8 Å². The van der Waals surface area contributed by atoms with Gasteiger partial charge in [0.15, 0.2) is 11.5 Å². The van der Waals surface area contributed by atoms with Crippen molar-refractivity contribution in [1.29, 1.82) is 0 Å². The molecule has 2 N–H and O–H groups in total. The summed E-state index contributed by atoms with van der Waals surface area (Å²) in [6.07, 6.45) is 4.41. The number of carbonyl (C=O) groups is 1. The number of amides is 1. The van der Waals surface area contributed by atoms with Crippen LogP contribution in [0.4, 0.5) is 11.4 Å². The molecule has 2 aliphatic rings. The van der Waals surface area contributed by atoms with Crippen LogP contribution in [0.25, 0.3) is 0 Å². The van der Waals surface area contributed by atoms with Crippen molar-refractivity contribution in [2.75, 3.05) is 23.3 Å². The second-order valence-electron chi connectivity index (χ2n) is 8.52. The van der Waals surface area contributed by atoms with Crippen LogP contribution in [0.15, 0.2) is 65.6 Å². The lowest BCUT2D eigenvalue weighted by atomic mass is 10.0. The van der Waals surface area contributed by atoms with E-state index >= 15 is 0 Å². The highest BCUT2D eigenvalue weighted by Crippen LogP contribution is 2.32. The van der Waals surface area contributed by atoms with E-state index in [0.29, 0.717) is 42.5 Å². The van der Waals surface area contributed by atoms with E-state index in [4.69, 9.17) is 9.47 Å². The van der Waals surface area contributed by atoms with E-state index < -0.39 is 10.0 Å². The Bertz CT molecular complexity index is 1320. The molecule has 0 aromatic heterocycles. The summed E-state index contributed by atoms with van der Waals surface area (Å²) in [6, 6.07) is 17.4. The average molecular weight is 479 g/mol. The van der Waals surface area contributed by atoms with Gasteiger partial charge in [-0.2, -0.15) is 0 Å². The molecule has 0 atom stereocenters. The molecule has 1 heterocycles. The summed E-state index contributed by atoms with van der Waals surface area (Å²) in [5.74, 6) is 0.844. The van der Waals surface area contributed by atoms with Crippen molar-refractivity contribution in [2.24, 2.45) is 0 Å². The number of fused-ring (bicyclic) bond motifs is 2. The van der Waals surface area contributed by atoms with Gasteiger partial charge in [0, 0.05) is 23.9 Å². The monoisotopic (exact) mass is 478 g/mol. The summed E-state index contributed by atoms with van der Waals surface area (Å²) in [5, 5.41) is 2.87. The lowest BCUT2D eigenvalue weighted by molar-refractivity contribution is -0.115. The van der Waals surface area contributed by atoms with Gasteiger partial charge in [0.05, 0.1) is 24.5 Å². The maximum Gasteiger partial charge on any atom is 0.262 e. The normalized spacial score (nSPS) is 14.7. The highest BCUT2D eigenvalue weighted by molar-refractivity contribution is 7.92. The highest BCUT2D eigenvalue weighted by atomic mass is 32.2. The molecule has 176 valence electrons. The Hall–Kier alpha value is -3.52. The third kappa shape index (κ3) is 5.02. The molecular formula is C26H26N2O5S. The molecule has 1 amide bonds. The Morgan fingerprint density at radius 2 is 1.53 bits per heavy atom. The topological polar surface area (TPSA) is 93.7 Å². The zero-order chi connectivity index (χ0) is 23.5. The van der Waals surface area contributed by atoms with Gasteiger partial charge in [-0.25, -0.2) is 8.42 Å². The molecule has 0 radical (unpaired) electrons. The maximum atomic E-state index is 12.8. The van der Waals surface area contributed by atoms with Gasteiger partial charge in [-0.15, -0.1) is 0 Å². The Labute approximate surface area is 199 Å². The lowest BCUT2D eigenvalue weighted by Crippen LogP contribution is -2.15. The molecule has 0 saturated carbocycles. The van der Waals surface area contributed by atoms with Gasteiger partial charge in [0.1, 0.15) is 0 Å². The number of aryl methyl sites for hydroxylation is 2. The van der Waals surface area contributed by atoms with Gasteiger partial charge in [0.2, 0.25) is 5.91 Å². The fraction of sp³-hybridized carbons (Fsp3) is 0.269. The standard InChI is InChI=1S/C26H26N2O5S/c29-26(16-18-5-6-19-3-1-4-20(19)15-18)27-21-7-9-22(10-8-21)28-34(30,31)23-11-12-24-25(17-23)33-14-2-13-32-24/h5-12,15,17,28H,1-4,13-14,16H2,(H,27,29). The van der Waals surface area contributed by atoms with Gasteiger partial charge < -0.3 is 14.8 Å². The largest absolute Gasteiger partial charge is 0.490 e. The maximum absolute atomic E-state index is 12.8. The molecule has 34 heavy (non-hydrogen) atoms. The molecule has 0 unspecified atom stereocenters. The summed E-state index contributed by atoms with van der Waals surface area (Å²) in [7, 11) is -3.81. The van der Waals surface area contributed by atoms with Crippen LogP contribution in [-0.2, 0) is 34.1 Å². The van der Waals surface area contributed by atoms with E-state index in [1.807, 2.05) is 6.07 Å². The Morgan fingerprint density at radius 3 is 2.35 bits per heavy atom. The van der Waals surface area contributed by atoms with Crippen molar-refractivity contribution in [1.82, 2.24) is 0 Å². The predicted octanol–water partition coefficient (Wildman–Crippen LogP) is 4.32. The first kappa shape index (κ1) is 22.3. The van der Waals surface area contributed by atoms with Gasteiger partial charge >= 0.3 is 0 Å². The summed E-state index contributed by atoms with van der Waals surface area (Å²) < 4.78 is 39.4. The second kappa shape index (κ2) is 9.38. The first-order valence-electron chi connectivity index (χ1n) is 11.4. The number of rotatable bonds is 6. The number of nitrogens with one attached hydrogen (secondary N) is 2. The molecule has 3 aromatic carbocycles. The van der Waals surface area contributed by atoms with Crippen molar-refractivity contribution >= 4 is 27.3 Å². The van der Waals surface area contributed by atoms with Crippen molar-refractivity contribution in [3.8, 4) is 11.5 Å². The molecule has 0 fully saturated rings. The van der Waals surface area contributed by atoms with Crippen LogP contribution in [0.3, 0.4) is 0 Å². The molecular weight excluding hydrogens is 452 g/mol. The van der Waals surface area contributed by atoms with Crippen molar-refractivity contribution in [3.63, 3.8) is 0 Å². The lowest BCUT2D eigenvalue weighted by Gasteiger charge is -2.12. The minimum absolute atomic E-state index is 0.0866. The van der Waals surface area contributed by atoms with Crippen molar-refractivity contribution in [2.45, 2.75) is 37.0 Å². The smallest absolute Gasteiger partial charge is 0.262 e. The van der Waals surface area contributed by atoms with Gasteiger partial charge in [-0.05, 0) is 72.4 Å². The third-order valence-corrected chi connectivity index (χ3v) is 7.36. The molecule has 7 nitrogen and oxygen atoms in total. The fourth-order valence-corrected chi connectivity index (χ4v) is 5.35. The summed E-state index contributed by atoms with van der Waals surface area (Å²) in [6.45, 7) is 1.01. The third-order valence-electron chi connectivity index (χ3n) is 5.98. The van der Waals surface area contributed by atoms with Crippen LogP contribution in [0.1, 0.15) is 29.5 Å². The first-order valence-corrected chi connectivity index (χ1v) is 12.9. The predicted molar refractivity (Wildman–Crippen MR) is 130 cm³/mol. The Morgan fingerprint density at radius 1 is 0.794 bits per heavy atom. The van der Waals surface area contributed by atoms with Gasteiger partial charge in [-0.1, -0.05) is 18.2 Å². The molecule has 0 spiro atoms. The number of hydrogen-bond acceptors (Lipinski definition) is 5. The minimum atomic E-state index is -3.81. The molecule has 5 rings (SSSR count). The van der Waals surface area contributed by atoms with Crippen LogP contribution < -0.4 is 19.5 Å². The highest BCUT2D eigenvalue weighted by Gasteiger charge is 2.19. The number of anilines is 2. The zero-order valence-corrected chi connectivity index (χ0v) is 19.5. The van der Waals surface area contributed by atoms with E-state index in [0.717, 1.165) is 24.8 Å². The minimum Gasteiger partial charge on any atom is -0.490 e. The summed E-state index contributed by atoms with van der Waals surface area (Å²) in [5.41, 5.74) is 4.72. The van der Waals surface area contributed by atoms with Crippen LogP contribution in [-0.4, -0.2) is 27.5 Å². The van der Waals surface area contributed by atoms with E-state index in [2.05, 4.69) is 22.2 Å². The van der Waals surface area contributed by atoms with E-state index in [1.54, 1.807) is 30.3 Å². The molecule has 1 aliphatic heterocycles. The second-order valence-corrected chi connectivity index (χ2v) is 10.2. The molecule has 3 aromatic rings. The molecule has 0 bridgehead atoms. The molecule has 1 aliphatic carbocycles. The van der Waals surface area contributed by atoms with Crippen LogP contribution in [0, 0.1) is 0 Å². The van der Waals surface area contributed by atoms with Crippen molar-refractivity contribution in [3.05, 3.63) is 77.4 Å². The fourth-order valence-electron chi connectivity index (χ4n) is 4.27. The SMILES string of the molecule is O=C(Cc1ccc2c(c1)CCC2)Nc1ccc(NS(=O)(=O)c2ccc3c(c2)OCCCO3)cc1. The van der Waals surface area contributed by atoms with E-state index in [1.165, 1.54) is 29.7 Å². The summed E-state index contributed by atoms with van der Waals surface area (Å²) in [4.78, 5) is 12.6. The number of benzene rings is 3. The average Bonchev–Trinajstić information content (AvgIpc) is 3.15. The number of sulfonamides is 1. The molecule has 0 saturated heterocycles. The van der Waals surface area contributed by atoms with Crippen LogP contribution in [0.5, 0.6) is 11.5 Å². The van der Waals surface area contributed by atoms with Gasteiger partial charge in [0.25, 0.3) is 10.0 Å². The zero-order valence-electron chi connectivity index (χ0n) is 18.7. The van der Waals surface area contributed by atoms with Crippen LogP contribution >= 0.6 is 0 Å². The Kier molecular flexibility index (Phi) is 6.15. The Balaban J connectivity index is 1.21. The molecule has 8 heteroatoms. The quantitative estimate of drug-likeness (QED) is 0.550. The summed E-state index contributed by atoms with van der Waals surface area (Å²) >= 11 is 0. The van der Waals surface area contributed by atoms with Crippen LogP contribution in [0.2, 0.25) is 0 Å². The van der Waals surface area contributed by atoms with Crippen molar-refractivity contribution < 1.29 is 22.7 Å². The number of carbonyl (C=O) groups excluding carboxylic acids is 1. The van der Waals surface area contributed by atoms with E-state index in [9.17, 15) is 13.2 Å². The number of hydrogen-bond donors (Lipinski definition) is 2. The van der Waals surface area contributed by atoms with Gasteiger partial charge in [-0.3, -0.25) is 9.52 Å².